The van der Waals surface area contributed by atoms with Crippen LogP contribution in [-0.2, 0) is 0 Å². The third-order valence-electron chi connectivity index (χ3n) is 3.26. The lowest BCUT2D eigenvalue weighted by Crippen LogP contribution is -2.18. The second-order valence-electron chi connectivity index (χ2n) is 4.84. The van der Waals surface area contributed by atoms with Gasteiger partial charge >= 0.3 is 0 Å². The standard InChI is InChI=1S/C15H9Cl2N3O5/c16-9-1-2-10(11(17)4-9)15(21)19-18-6-8-3-13-14(25-7-24-13)5-12(8)20(22)23/h1-6H,7H2,(H,19,21)/b18-6+. The molecule has 0 bridgehead atoms. The van der Waals surface area contributed by atoms with Gasteiger partial charge in [0.05, 0.1) is 33.4 Å². The van der Waals surface area contributed by atoms with Crippen molar-refractivity contribution < 1.29 is 19.2 Å². The number of benzene rings is 2. The molecule has 0 radical (unpaired) electrons. The lowest BCUT2D eigenvalue weighted by atomic mass is 10.1. The molecule has 0 spiro atoms. The minimum absolute atomic E-state index is 0.0150. The quantitative estimate of drug-likeness (QED) is 0.496. The minimum atomic E-state index is -0.582. The van der Waals surface area contributed by atoms with Gasteiger partial charge in [-0.05, 0) is 24.3 Å². The summed E-state index contributed by atoms with van der Waals surface area (Å²) >= 11 is 11.7. The number of hydrogen-bond donors (Lipinski definition) is 1. The van der Waals surface area contributed by atoms with Crippen molar-refractivity contribution in [2.45, 2.75) is 0 Å². The van der Waals surface area contributed by atoms with Crippen LogP contribution < -0.4 is 14.9 Å². The Hall–Kier alpha value is -2.84. The molecule has 0 aromatic heterocycles. The summed E-state index contributed by atoms with van der Waals surface area (Å²) in [5.74, 6) is 0.0567. The zero-order valence-corrected chi connectivity index (χ0v) is 13.9. The van der Waals surface area contributed by atoms with E-state index in [2.05, 4.69) is 10.5 Å². The third-order valence-corrected chi connectivity index (χ3v) is 3.81. The molecule has 10 heteroatoms. The van der Waals surface area contributed by atoms with Gasteiger partial charge in [0, 0.05) is 5.02 Å². The van der Waals surface area contributed by atoms with Crippen molar-refractivity contribution in [3.63, 3.8) is 0 Å². The van der Waals surface area contributed by atoms with Gasteiger partial charge in [-0.1, -0.05) is 23.2 Å². The first-order chi connectivity index (χ1) is 12.0. The molecule has 25 heavy (non-hydrogen) atoms. The summed E-state index contributed by atoms with van der Waals surface area (Å²) in [5.41, 5.74) is 2.34. The number of carbonyl (C=O) groups excluding carboxylic acids is 1. The molecule has 0 saturated heterocycles. The van der Waals surface area contributed by atoms with E-state index in [-0.39, 0.29) is 34.4 Å². The number of fused-ring (bicyclic) bond motifs is 1. The number of hydrazone groups is 1. The van der Waals surface area contributed by atoms with Crippen molar-refractivity contribution in [3.05, 3.63) is 61.6 Å². The van der Waals surface area contributed by atoms with E-state index in [1.807, 2.05) is 0 Å². The number of nitrogens with zero attached hydrogens (tertiary/aromatic N) is 2. The largest absolute Gasteiger partial charge is 0.454 e. The van der Waals surface area contributed by atoms with Gasteiger partial charge in [-0.25, -0.2) is 5.43 Å². The highest BCUT2D eigenvalue weighted by Gasteiger charge is 2.22. The van der Waals surface area contributed by atoms with Crippen molar-refractivity contribution in [1.82, 2.24) is 5.43 Å². The molecule has 1 heterocycles. The summed E-state index contributed by atoms with van der Waals surface area (Å²) in [7, 11) is 0. The van der Waals surface area contributed by atoms with Crippen LogP contribution >= 0.6 is 23.2 Å². The molecule has 0 atom stereocenters. The average molecular weight is 382 g/mol. The Labute approximate surface area is 151 Å². The molecular weight excluding hydrogens is 373 g/mol. The summed E-state index contributed by atoms with van der Waals surface area (Å²) in [5, 5.41) is 15.4. The number of nitro benzene ring substituents is 1. The Kier molecular flexibility index (Phi) is 4.73. The lowest BCUT2D eigenvalue weighted by molar-refractivity contribution is -0.385. The Bertz CT molecular complexity index is 901. The number of rotatable bonds is 4. The molecular formula is C15H9Cl2N3O5. The number of carbonyl (C=O) groups is 1. The van der Waals surface area contributed by atoms with E-state index in [0.717, 1.165) is 6.21 Å². The number of nitro groups is 1. The predicted molar refractivity (Wildman–Crippen MR) is 90.7 cm³/mol. The molecule has 128 valence electrons. The van der Waals surface area contributed by atoms with Crippen molar-refractivity contribution in [2.24, 2.45) is 5.10 Å². The van der Waals surface area contributed by atoms with Crippen LogP contribution in [0.25, 0.3) is 0 Å². The average Bonchev–Trinajstić information content (AvgIpc) is 3.01. The van der Waals surface area contributed by atoms with Crippen molar-refractivity contribution in [3.8, 4) is 11.5 Å². The fourth-order valence-corrected chi connectivity index (χ4v) is 2.60. The van der Waals surface area contributed by atoms with E-state index in [4.69, 9.17) is 32.7 Å². The molecule has 0 fully saturated rings. The summed E-state index contributed by atoms with van der Waals surface area (Å²) in [6.07, 6.45) is 1.14. The molecule has 2 aromatic rings. The topological polar surface area (TPSA) is 103 Å². The van der Waals surface area contributed by atoms with Crippen LogP contribution in [0.3, 0.4) is 0 Å². The van der Waals surface area contributed by atoms with Crippen LogP contribution in [0.4, 0.5) is 5.69 Å². The minimum Gasteiger partial charge on any atom is -0.454 e. The highest BCUT2D eigenvalue weighted by atomic mass is 35.5. The van der Waals surface area contributed by atoms with Crippen LogP contribution in [0.15, 0.2) is 35.4 Å². The molecule has 0 unspecified atom stereocenters. The summed E-state index contributed by atoms with van der Waals surface area (Å²) in [6.45, 7) is -0.0150. The Balaban J connectivity index is 1.80. The number of hydrogen-bond acceptors (Lipinski definition) is 6. The van der Waals surface area contributed by atoms with E-state index >= 15 is 0 Å². The first-order valence-corrected chi connectivity index (χ1v) is 7.58. The number of amides is 1. The highest BCUT2D eigenvalue weighted by molar-refractivity contribution is 6.36. The monoisotopic (exact) mass is 381 g/mol. The zero-order chi connectivity index (χ0) is 18.0. The maximum Gasteiger partial charge on any atom is 0.282 e. The van der Waals surface area contributed by atoms with Gasteiger partial charge < -0.3 is 9.47 Å². The molecule has 2 aromatic carbocycles. The first-order valence-electron chi connectivity index (χ1n) is 6.82. The zero-order valence-electron chi connectivity index (χ0n) is 12.4. The Morgan fingerprint density at radius 3 is 2.64 bits per heavy atom. The normalized spacial score (nSPS) is 12.4. The van der Waals surface area contributed by atoms with Gasteiger partial charge in [0.25, 0.3) is 11.6 Å². The summed E-state index contributed by atoms with van der Waals surface area (Å²) in [4.78, 5) is 22.6. The van der Waals surface area contributed by atoms with E-state index in [1.165, 1.54) is 30.3 Å². The van der Waals surface area contributed by atoms with Crippen LogP contribution in [0.2, 0.25) is 10.0 Å². The van der Waals surface area contributed by atoms with E-state index in [0.29, 0.717) is 10.8 Å². The maximum atomic E-state index is 12.0. The Morgan fingerprint density at radius 2 is 1.96 bits per heavy atom. The third kappa shape index (κ3) is 3.65. The maximum absolute atomic E-state index is 12.0. The predicted octanol–water partition coefficient (Wildman–Crippen LogP) is 3.39. The molecule has 0 aliphatic carbocycles. The molecule has 1 amide bonds. The second-order valence-corrected chi connectivity index (χ2v) is 5.69. The van der Waals surface area contributed by atoms with E-state index < -0.39 is 10.8 Å². The molecule has 1 aliphatic heterocycles. The van der Waals surface area contributed by atoms with Crippen molar-refractivity contribution in [2.75, 3.05) is 6.79 Å². The van der Waals surface area contributed by atoms with Crippen molar-refractivity contribution >= 4 is 41.0 Å². The first kappa shape index (κ1) is 17.0. The van der Waals surface area contributed by atoms with Crippen LogP contribution in [0, 0.1) is 10.1 Å². The van der Waals surface area contributed by atoms with Gasteiger partial charge in [-0.3, -0.25) is 14.9 Å². The van der Waals surface area contributed by atoms with Crippen LogP contribution in [-0.4, -0.2) is 23.8 Å². The highest BCUT2D eigenvalue weighted by Crippen LogP contribution is 2.37. The van der Waals surface area contributed by atoms with Crippen LogP contribution in [0.1, 0.15) is 15.9 Å². The number of nitrogens with one attached hydrogen (secondary N) is 1. The Morgan fingerprint density at radius 1 is 1.24 bits per heavy atom. The van der Waals surface area contributed by atoms with Gasteiger partial charge in [-0.2, -0.15) is 5.10 Å². The smallest absolute Gasteiger partial charge is 0.282 e. The van der Waals surface area contributed by atoms with Gasteiger partial charge in [0.2, 0.25) is 6.79 Å². The molecule has 0 saturated carbocycles. The van der Waals surface area contributed by atoms with Gasteiger partial charge in [0.1, 0.15) is 0 Å². The fraction of sp³-hybridized carbons (Fsp3) is 0.0667. The van der Waals surface area contributed by atoms with Gasteiger partial charge in [0.15, 0.2) is 11.5 Å². The number of ether oxygens (including phenoxy) is 2. The summed E-state index contributed by atoms with van der Waals surface area (Å²) < 4.78 is 10.3. The fourth-order valence-electron chi connectivity index (χ4n) is 2.10. The van der Waals surface area contributed by atoms with Crippen molar-refractivity contribution in [1.29, 1.82) is 0 Å². The van der Waals surface area contributed by atoms with E-state index in [9.17, 15) is 14.9 Å². The van der Waals surface area contributed by atoms with Crippen LogP contribution in [0.5, 0.6) is 11.5 Å². The molecule has 1 N–H and O–H groups in total. The van der Waals surface area contributed by atoms with Gasteiger partial charge in [-0.15, -0.1) is 0 Å². The molecule has 8 nitrogen and oxygen atoms in total. The number of halogens is 2. The second kappa shape index (κ2) is 6.96. The molecule has 3 rings (SSSR count). The van der Waals surface area contributed by atoms with E-state index in [1.54, 1.807) is 0 Å². The lowest BCUT2D eigenvalue weighted by Gasteiger charge is -2.03. The molecule has 1 aliphatic rings. The SMILES string of the molecule is O=C(N/N=C/c1cc2c(cc1[N+](=O)[O-])OCO2)c1ccc(Cl)cc1Cl. The summed E-state index contributed by atoms with van der Waals surface area (Å²) in [6, 6.07) is 7.02.